The maximum Gasteiger partial charge on any atom is 0.186 e. The van der Waals surface area contributed by atoms with E-state index in [0.717, 1.165) is 16.8 Å². The van der Waals surface area contributed by atoms with Gasteiger partial charge in [0.1, 0.15) is 0 Å². The Balaban J connectivity index is 1.87. The van der Waals surface area contributed by atoms with E-state index in [9.17, 15) is 4.21 Å². The normalized spacial score (nSPS) is 12.3. The van der Waals surface area contributed by atoms with Gasteiger partial charge >= 0.3 is 0 Å². The van der Waals surface area contributed by atoms with Gasteiger partial charge in [-0.25, -0.2) is 4.21 Å². The van der Waals surface area contributed by atoms with Crippen LogP contribution >= 0.6 is 27.7 Å². The molecule has 0 aliphatic carbocycles. The molecule has 1 unspecified atom stereocenters. The molecule has 0 fully saturated rings. The smallest absolute Gasteiger partial charge is 0.186 e. The van der Waals surface area contributed by atoms with Gasteiger partial charge in [-0.2, -0.15) is 11.8 Å². The van der Waals surface area contributed by atoms with Gasteiger partial charge < -0.3 is 4.55 Å². The Morgan fingerprint density at radius 3 is 2.30 bits per heavy atom. The van der Waals surface area contributed by atoms with Gasteiger partial charge in [-0.1, -0.05) is 52.3 Å². The molecule has 0 heterocycles. The van der Waals surface area contributed by atoms with Crippen molar-refractivity contribution in [1.29, 1.82) is 0 Å². The van der Waals surface area contributed by atoms with Crippen molar-refractivity contribution in [1.82, 2.24) is 0 Å². The van der Waals surface area contributed by atoms with E-state index in [1.165, 1.54) is 16.7 Å². The molecule has 2 aromatic carbocycles. The Morgan fingerprint density at radius 1 is 1.00 bits per heavy atom. The first-order chi connectivity index (χ1) is 9.69. The lowest BCUT2D eigenvalue weighted by molar-refractivity contribution is 0.564. The molecule has 2 rings (SSSR count). The van der Waals surface area contributed by atoms with Crippen molar-refractivity contribution in [3.8, 4) is 0 Å². The molecule has 0 saturated heterocycles. The molecule has 0 aromatic heterocycles. The van der Waals surface area contributed by atoms with E-state index in [1.807, 2.05) is 23.9 Å². The van der Waals surface area contributed by atoms with Gasteiger partial charge in [0.2, 0.25) is 0 Å². The van der Waals surface area contributed by atoms with Crippen LogP contribution < -0.4 is 0 Å². The van der Waals surface area contributed by atoms with Crippen LogP contribution in [0.4, 0.5) is 0 Å². The summed E-state index contributed by atoms with van der Waals surface area (Å²) in [5.74, 6) is 1.87. The molecule has 20 heavy (non-hydrogen) atoms. The largest absolute Gasteiger partial charge is 0.302 e. The van der Waals surface area contributed by atoms with Crippen LogP contribution in [0, 0.1) is 0 Å². The summed E-state index contributed by atoms with van der Waals surface area (Å²) in [6.07, 6.45) is 0. The maximum absolute atomic E-state index is 10.9. The molecule has 0 radical (unpaired) electrons. The molecule has 0 aliphatic rings. The van der Waals surface area contributed by atoms with Gasteiger partial charge in [-0.15, -0.1) is 0 Å². The zero-order valence-electron chi connectivity index (χ0n) is 10.8. The number of hydrogen-bond donors (Lipinski definition) is 1. The van der Waals surface area contributed by atoms with Crippen LogP contribution in [-0.4, -0.2) is 8.76 Å². The fourth-order valence-electron chi connectivity index (χ4n) is 1.79. The van der Waals surface area contributed by atoms with E-state index in [1.54, 1.807) is 12.1 Å². The predicted octanol–water partition coefficient (Wildman–Crippen LogP) is 4.60. The van der Waals surface area contributed by atoms with Crippen molar-refractivity contribution in [3.05, 3.63) is 65.2 Å². The van der Waals surface area contributed by atoms with Crippen LogP contribution in [0.5, 0.6) is 0 Å². The van der Waals surface area contributed by atoms with Crippen molar-refractivity contribution in [2.75, 3.05) is 0 Å². The molecule has 0 amide bonds. The minimum atomic E-state index is -1.89. The average molecular weight is 371 g/mol. The standard InChI is InChI=1S/C15H15BrO2S2/c16-9-13-2-1-3-14(8-13)11-19-10-12-4-6-15(7-5-12)20(17)18/h1-8H,9-11H2,(H,17,18). The zero-order chi connectivity index (χ0) is 14.4. The highest BCUT2D eigenvalue weighted by molar-refractivity contribution is 9.08. The number of rotatable bonds is 6. The average Bonchev–Trinajstić information content (AvgIpc) is 2.48. The fourth-order valence-corrected chi connectivity index (χ4v) is 3.45. The first-order valence-corrected chi connectivity index (χ1v) is 9.48. The summed E-state index contributed by atoms with van der Waals surface area (Å²) in [6, 6.07) is 15.8. The molecular formula is C15H15BrO2S2. The summed E-state index contributed by atoms with van der Waals surface area (Å²) in [5.41, 5.74) is 3.78. The Morgan fingerprint density at radius 2 is 1.65 bits per heavy atom. The zero-order valence-corrected chi connectivity index (χ0v) is 14.0. The van der Waals surface area contributed by atoms with Crippen molar-refractivity contribution in [2.45, 2.75) is 21.7 Å². The van der Waals surface area contributed by atoms with Crippen molar-refractivity contribution >= 4 is 38.8 Å². The second-order valence-electron chi connectivity index (χ2n) is 4.34. The fraction of sp³-hybridized carbons (Fsp3) is 0.200. The summed E-state index contributed by atoms with van der Waals surface area (Å²) in [6.45, 7) is 0. The molecule has 2 nitrogen and oxygen atoms in total. The molecule has 0 bridgehead atoms. The number of benzene rings is 2. The quantitative estimate of drug-likeness (QED) is 0.596. The summed E-state index contributed by atoms with van der Waals surface area (Å²) < 4.78 is 19.8. The van der Waals surface area contributed by atoms with Crippen LogP contribution in [0.15, 0.2) is 53.4 Å². The van der Waals surface area contributed by atoms with Gasteiger partial charge in [0.25, 0.3) is 0 Å². The van der Waals surface area contributed by atoms with Gasteiger partial charge in [-0.3, -0.25) is 0 Å². The minimum absolute atomic E-state index is 0.448. The molecular weight excluding hydrogens is 356 g/mol. The summed E-state index contributed by atoms with van der Waals surface area (Å²) in [4.78, 5) is 0.448. The van der Waals surface area contributed by atoms with Gasteiger partial charge in [0, 0.05) is 16.8 Å². The molecule has 0 aliphatic heterocycles. The van der Waals surface area contributed by atoms with E-state index in [-0.39, 0.29) is 0 Å². The lowest BCUT2D eigenvalue weighted by atomic mass is 10.2. The Hall–Kier alpha value is -0.620. The van der Waals surface area contributed by atoms with Crippen LogP contribution in [0.2, 0.25) is 0 Å². The lowest BCUT2D eigenvalue weighted by Crippen LogP contribution is -1.89. The third-order valence-electron chi connectivity index (χ3n) is 2.81. The third-order valence-corrected chi connectivity index (χ3v) is 5.21. The van der Waals surface area contributed by atoms with Crippen molar-refractivity contribution in [3.63, 3.8) is 0 Å². The van der Waals surface area contributed by atoms with Crippen molar-refractivity contribution < 1.29 is 8.76 Å². The van der Waals surface area contributed by atoms with Gasteiger partial charge in [-0.05, 0) is 28.8 Å². The van der Waals surface area contributed by atoms with E-state index < -0.39 is 11.1 Å². The molecule has 5 heteroatoms. The highest BCUT2D eigenvalue weighted by Gasteiger charge is 2.01. The minimum Gasteiger partial charge on any atom is -0.302 e. The Bertz CT molecular complexity index is 585. The predicted molar refractivity (Wildman–Crippen MR) is 89.6 cm³/mol. The summed E-state index contributed by atoms with van der Waals surface area (Å²) >= 11 is 3.41. The molecule has 1 N–H and O–H groups in total. The first kappa shape index (κ1) is 15.8. The van der Waals surface area contributed by atoms with Crippen molar-refractivity contribution in [2.24, 2.45) is 0 Å². The molecule has 0 spiro atoms. The number of halogens is 1. The number of thioether (sulfide) groups is 1. The van der Waals surface area contributed by atoms with Crippen LogP contribution in [-0.2, 0) is 27.9 Å². The molecule has 106 valence electrons. The number of alkyl halides is 1. The third kappa shape index (κ3) is 4.74. The highest BCUT2D eigenvalue weighted by atomic mass is 79.9. The van der Waals surface area contributed by atoms with Gasteiger partial charge in [0.05, 0.1) is 4.90 Å². The second-order valence-corrected chi connectivity index (χ2v) is 6.86. The van der Waals surface area contributed by atoms with E-state index in [4.69, 9.17) is 4.55 Å². The van der Waals surface area contributed by atoms with E-state index in [2.05, 4.69) is 40.2 Å². The Labute approximate surface area is 134 Å². The monoisotopic (exact) mass is 370 g/mol. The van der Waals surface area contributed by atoms with Crippen LogP contribution in [0.25, 0.3) is 0 Å². The topological polar surface area (TPSA) is 37.3 Å². The highest BCUT2D eigenvalue weighted by Crippen LogP contribution is 2.20. The molecule has 2 aromatic rings. The lowest BCUT2D eigenvalue weighted by Gasteiger charge is -2.04. The van der Waals surface area contributed by atoms with Crippen LogP contribution in [0.1, 0.15) is 16.7 Å². The van der Waals surface area contributed by atoms with Gasteiger partial charge in [0.15, 0.2) is 11.1 Å². The van der Waals surface area contributed by atoms with E-state index in [0.29, 0.717) is 4.90 Å². The van der Waals surface area contributed by atoms with Crippen LogP contribution in [0.3, 0.4) is 0 Å². The van der Waals surface area contributed by atoms with E-state index >= 15 is 0 Å². The molecule has 1 atom stereocenters. The maximum atomic E-state index is 10.9. The first-order valence-electron chi connectivity index (χ1n) is 6.10. The summed E-state index contributed by atoms with van der Waals surface area (Å²) in [5, 5.41) is 0.880. The SMILES string of the molecule is O=S(O)c1ccc(CSCc2cccc(CBr)c2)cc1. The molecule has 0 saturated carbocycles. The number of hydrogen-bond acceptors (Lipinski definition) is 2. The Kier molecular flexibility index (Phi) is 6.29. The second kappa shape index (κ2) is 7.98. The summed E-state index contributed by atoms with van der Waals surface area (Å²) in [7, 11) is 0.